The zero-order valence-corrected chi connectivity index (χ0v) is 11.4. The van der Waals surface area contributed by atoms with Gasteiger partial charge in [-0.1, -0.05) is 29.8 Å². The minimum Gasteiger partial charge on any atom is -0.478 e. The fourth-order valence-corrected chi connectivity index (χ4v) is 2.24. The molecule has 0 spiro atoms. The number of carbonyl (C=O) groups is 1. The van der Waals surface area contributed by atoms with Gasteiger partial charge < -0.3 is 5.11 Å². The first kappa shape index (κ1) is 13.3. The van der Waals surface area contributed by atoms with Gasteiger partial charge in [-0.05, 0) is 40.3 Å². The molecule has 0 amide bonds. The summed E-state index contributed by atoms with van der Waals surface area (Å²) in [6.07, 6.45) is 1.40. The summed E-state index contributed by atoms with van der Waals surface area (Å²) in [6, 6.07) is 12.1. The van der Waals surface area contributed by atoms with E-state index in [1.165, 1.54) is 17.1 Å². The van der Waals surface area contributed by atoms with Gasteiger partial charge in [0, 0.05) is 10.6 Å². The smallest absolute Gasteiger partial charge is 0.335 e. The third kappa shape index (κ3) is 2.61. The minimum absolute atomic E-state index is 0.137. The highest BCUT2D eigenvalue weighted by molar-refractivity contribution is 6.33. The molecule has 0 aliphatic carbocycles. The topological polar surface area (TPSA) is 80.9 Å². The molecule has 0 aliphatic rings. The predicted molar refractivity (Wildman–Crippen MR) is 76.6 cm³/mol. The monoisotopic (exact) mass is 300 g/mol. The molecule has 3 aromatic rings. The average Bonchev–Trinajstić information content (AvgIpc) is 3.01. The van der Waals surface area contributed by atoms with Crippen molar-refractivity contribution < 1.29 is 9.90 Å². The van der Waals surface area contributed by atoms with E-state index < -0.39 is 5.97 Å². The Hall–Kier alpha value is -2.73. The summed E-state index contributed by atoms with van der Waals surface area (Å²) in [5.74, 6) is -1.03. The molecule has 0 aliphatic heterocycles. The second-order valence-electron chi connectivity index (χ2n) is 4.31. The van der Waals surface area contributed by atoms with Crippen LogP contribution < -0.4 is 0 Å². The largest absolute Gasteiger partial charge is 0.478 e. The molecule has 1 heterocycles. The molecule has 0 saturated heterocycles. The Morgan fingerprint density at radius 2 is 2.00 bits per heavy atom. The van der Waals surface area contributed by atoms with Crippen LogP contribution in [0.3, 0.4) is 0 Å². The number of hydrogen-bond donors (Lipinski definition) is 1. The Kier molecular flexibility index (Phi) is 3.37. The molecule has 0 atom stereocenters. The van der Waals surface area contributed by atoms with E-state index in [2.05, 4.69) is 15.5 Å². The Labute approximate surface area is 124 Å². The zero-order valence-electron chi connectivity index (χ0n) is 10.6. The van der Waals surface area contributed by atoms with Crippen LogP contribution in [-0.2, 0) is 0 Å². The summed E-state index contributed by atoms with van der Waals surface area (Å²) in [4.78, 5) is 11.3. The van der Waals surface area contributed by atoms with Crippen LogP contribution in [-0.4, -0.2) is 31.3 Å². The van der Waals surface area contributed by atoms with Crippen molar-refractivity contribution >= 4 is 17.6 Å². The lowest BCUT2D eigenvalue weighted by Gasteiger charge is -2.08. The van der Waals surface area contributed by atoms with Crippen molar-refractivity contribution in [2.75, 3.05) is 0 Å². The number of carboxylic acid groups (broad SMARTS) is 1. The molecular formula is C14H9ClN4O2. The molecule has 0 radical (unpaired) electrons. The Bertz CT molecular complexity index is 802. The van der Waals surface area contributed by atoms with Crippen LogP contribution in [0.2, 0.25) is 5.02 Å². The molecule has 7 heteroatoms. The van der Waals surface area contributed by atoms with Gasteiger partial charge in [-0.2, -0.15) is 0 Å². The SMILES string of the molecule is O=C(O)c1cc(-c2ccccc2Cl)cc(-n2cnnn2)c1. The molecule has 1 N–H and O–H groups in total. The number of halogens is 1. The summed E-state index contributed by atoms with van der Waals surface area (Å²) in [5.41, 5.74) is 2.12. The van der Waals surface area contributed by atoms with E-state index in [1.807, 2.05) is 18.2 Å². The fraction of sp³-hybridized carbons (Fsp3) is 0. The van der Waals surface area contributed by atoms with Gasteiger partial charge in [0.1, 0.15) is 6.33 Å². The van der Waals surface area contributed by atoms with Crippen molar-refractivity contribution in [2.24, 2.45) is 0 Å². The van der Waals surface area contributed by atoms with Gasteiger partial charge in [-0.15, -0.1) is 5.10 Å². The molecule has 0 bridgehead atoms. The first-order valence-corrected chi connectivity index (χ1v) is 6.39. The number of rotatable bonds is 3. The van der Waals surface area contributed by atoms with Gasteiger partial charge in [0.15, 0.2) is 0 Å². The summed E-state index contributed by atoms with van der Waals surface area (Å²) in [7, 11) is 0. The highest BCUT2D eigenvalue weighted by atomic mass is 35.5. The van der Waals surface area contributed by atoms with Crippen molar-refractivity contribution in [3.8, 4) is 16.8 Å². The zero-order chi connectivity index (χ0) is 14.8. The summed E-state index contributed by atoms with van der Waals surface area (Å²) < 4.78 is 1.40. The van der Waals surface area contributed by atoms with Gasteiger partial charge >= 0.3 is 5.97 Å². The van der Waals surface area contributed by atoms with E-state index >= 15 is 0 Å². The van der Waals surface area contributed by atoms with Crippen LogP contribution in [0.5, 0.6) is 0 Å². The number of tetrazole rings is 1. The number of hydrogen-bond acceptors (Lipinski definition) is 4. The number of aromatic carboxylic acids is 1. The van der Waals surface area contributed by atoms with Crippen LogP contribution >= 0.6 is 11.6 Å². The van der Waals surface area contributed by atoms with Gasteiger partial charge in [0.25, 0.3) is 0 Å². The maximum Gasteiger partial charge on any atom is 0.335 e. The highest BCUT2D eigenvalue weighted by Crippen LogP contribution is 2.30. The van der Waals surface area contributed by atoms with Crippen LogP contribution in [0.1, 0.15) is 10.4 Å². The predicted octanol–water partition coefficient (Wildman–Crippen LogP) is 2.68. The number of nitrogens with zero attached hydrogens (tertiary/aromatic N) is 4. The lowest BCUT2D eigenvalue weighted by atomic mass is 10.0. The van der Waals surface area contributed by atoms with Crippen molar-refractivity contribution in [2.45, 2.75) is 0 Å². The van der Waals surface area contributed by atoms with E-state index in [-0.39, 0.29) is 5.56 Å². The Morgan fingerprint density at radius 3 is 2.67 bits per heavy atom. The normalized spacial score (nSPS) is 10.5. The molecule has 1 aromatic heterocycles. The maximum absolute atomic E-state index is 11.3. The third-order valence-corrected chi connectivity index (χ3v) is 3.29. The molecule has 0 saturated carbocycles. The van der Waals surface area contributed by atoms with Gasteiger partial charge in [-0.3, -0.25) is 0 Å². The van der Waals surface area contributed by atoms with Crippen LogP contribution in [0.25, 0.3) is 16.8 Å². The molecule has 3 rings (SSSR count). The summed E-state index contributed by atoms with van der Waals surface area (Å²) in [5, 5.41) is 20.7. The van der Waals surface area contributed by atoms with Gasteiger partial charge in [0.2, 0.25) is 0 Å². The summed E-state index contributed by atoms with van der Waals surface area (Å²) in [6.45, 7) is 0. The van der Waals surface area contributed by atoms with Crippen LogP contribution in [0.15, 0.2) is 48.8 Å². The first-order valence-electron chi connectivity index (χ1n) is 6.02. The molecule has 0 unspecified atom stereocenters. The van der Waals surface area contributed by atoms with E-state index in [0.29, 0.717) is 16.3 Å². The molecular weight excluding hydrogens is 292 g/mol. The van der Waals surface area contributed by atoms with Gasteiger partial charge in [0.05, 0.1) is 11.3 Å². The van der Waals surface area contributed by atoms with Crippen LogP contribution in [0, 0.1) is 0 Å². The minimum atomic E-state index is -1.03. The van der Waals surface area contributed by atoms with E-state index in [9.17, 15) is 9.90 Å². The molecule has 104 valence electrons. The lowest BCUT2D eigenvalue weighted by molar-refractivity contribution is 0.0697. The molecule has 0 fully saturated rings. The molecule has 21 heavy (non-hydrogen) atoms. The Balaban J connectivity index is 2.21. The van der Waals surface area contributed by atoms with E-state index in [4.69, 9.17) is 11.6 Å². The number of aromatic nitrogens is 4. The van der Waals surface area contributed by atoms with E-state index in [0.717, 1.165) is 5.56 Å². The first-order chi connectivity index (χ1) is 10.1. The van der Waals surface area contributed by atoms with Crippen molar-refractivity contribution in [3.05, 3.63) is 59.4 Å². The Morgan fingerprint density at radius 1 is 1.19 bits per heavy atom. The lowest BCUT2D eigenvalue weighted by Crippen LogP contribution is -2.02. The van der Waals surface area contributed by atoms with Crippen LogP contribution in [0.4, 0.5) is 0 Å². The van der Waals surface area contributed by atoms with Gasteiger partial charge in [-0.25, -0.2) is 9.48 Å². The second-order valence-corrected chi connectivity index (χ2v) is 4.72. The number of carboxylic acids is 1. The second kappa shape index (κ2) is 5.34. The third-order valence-electron chi connectivity index (χ3n) is 2.96. The average molecular weight is 301 g/mol. The van der Waals surface area contributed by atoms with Crippen molar-refractivity contribution in [1.29, 1.82) is 0 Å². The highest BCUT2D eigenvalue weighted by Gasteiger charge is 2.12. The summed E-state index contributed by atoms with van der Waals surface area (Å²) >= 11 is 6.17. The molecule has 6 nitrogen and oxygen atoms in total. The standard InChI is InChI=1S/C14H9ClN4O2/c15-13-4-2-1-3-12(13)9-5-10(14(20)21)7-11(6-9)19-8-16-17-18-19/h1-8H,(H,20,21). The quantitative estimate of drug-likeness (QED) is 0.804. The fourth-order valence-electron chi connectivity index (χ4n) is 2.00. The molecule has 2 aromatic carbocycles. The van der Waals surface area contributed by atoms with Crippen molar-refractivity contribution in [3.63, 3.8) is 0 Å². The number of benzene rings is 2. The van der Waals surface area contributed by atoms with Crippen molar-refractivity contribution in [1.82, 2.24) is 20.2 Å². The maximum atomic E-state index is 11.3. The van der Waals surface area contributed by atoms with E-state index in [1.54, 1.807) is 18.2 Å².